The molecule has 6 nitrogen and oxygen atoms in total. The SMILES string of the molecule is CCOCCN(CC)S(=O)(=O)N(C)CCCNC. The van der Waals surface area contributed by atoms with Crippen molar-refractivity contribution in [2.75, 3.05) is 53.5 Å². The quantitative estimate of drug-likeness (QED) is 0.547. The lowest BCUT2D eigenvalue weighted by Gasteiger charge is -2.26. The minimum absolute atomic E-state index is 0.406. The fourth-order valence-electron chi connectivity index (χ4n) is 1.54. The molecule has 110 valence electrons. The van der Waals surface area contributed by atoms with Crippen molar-refractivity contribution in [3.05, 3.63) is 0 Å². The highest BCUT2D eigenvalue weighted by atomic mass is 32.2. The number of ether oxygens (including phenoxy) is 1. The number of hydrogen-bond acceptors (Lipinski definition) is 4. The van der Waals surface area contributed by atoms with E-state index in [1.54, 1.807) is 7.05 Å². The molecule has 0 aliphatic heterocycles. The molecule has 7 heteroatoms. The van der Waals surface area contributed by atoms with Crippen LogP contribution in [0.25, 0.3) is 0 Å². The van der Waals surface area contributed by atoms with E-state index in [4.69, 9.17) is 4.74 Å². The molecule has 0 heterocycles. The molecule has 1 N–H and O–H groups in total. The predicted molar refractivity (Wildman–Crippen MR) is 73.8 cm³/mol. The maximum absolute atomic E-state index is 12.2. The minimum Gasteiger partial charge on any atom is -0.380 e. The third kappa shape index (κ3) is 6.10. The van der Waals surface area contributed by atoms with Gasteiger partial charge in [0, 0.05) is 33.3 Å². The van der Waals surface area contributed by atoms with Crippen molar-refractivity contribution >= 4 is 10.2 Å². The minimum atomic E-state index is -3.35. The van der Waals surface area contributed by atoms with E-state index in [0.29, 0.717) is 32.8 Å². The Hall–Kier alpha value is -0.210. The standard InChI is InChI=1S/C11H27N3O3S/c1-5-14(10-11-17-6-2)18(15,16)13(4)9-7-8-12-3/h12H,5-11H2,1-4H3. The molecule has 0 saturated heterocycles. The first-order valence-corrected chi connectivity index (χ1v) is 7.84. The van der Waals surface area contributed by atoms with Gasteiger partial charge in [0.05, 0.1) is 6.61 Å². The van der Waals surface area contributed by atoms with Crippen molar-refractivity contribution in [3.63, 3.8) is 0 Å². The van der Waals surface area contributed by atoms with Crippen molar-refractivity contribution in [1.82, 2.24) is 13.9 Å². The second kappa shape index (κ2) is 9.69. The van der Waals surface area contributed by atoms with Crippen molar-refractivity contribution in [3.8, 4) is 0 Å². The summed E-state index contributed by atoms with van der Waals surface area (Å²) in [6.07, 6.45) is 0.801. The molecule has 0 fully saturated rings. The molecule has 0 amide bonds. The first-order chi connectivity index (χ1) is 8.50. The summed E-state index contributed by atoms with van der Waals surface area (Å²) in [6, 6.07) is 0. The molecule has 0 saturated carbocycles. The van der Waals surface area contributed by atoms with Crippen LogP contribution in [-0.4, -0.2) is 70.5 Å². The Bertz CT molecular complexity index is 296. The summed E-state index contributed by atoms with van der Waals surface area (Å²) in [5.41, 5.74) is 0. The van der Waals surface area contributed by atoms with Crippen LogP contribution in [0.4, 0.5) is 0 Å². The number of nitrogens with one attached hydrogen (secondary N) is 1. The van der Waals surface area contributed by atoms with Gasteiger partial charge >= 0.3 is 0 Å². The van der Waals surface area contributed by atoms with Crippen molar-refractivity contribution in [2.45, 2.75) is 20.3 Å². The van der Waals surface area contributed by atoms with Crippen LogP contribution < -0.4 is 5.32 Å². The van der Waals surface area contributed by atoms with Gasteiger partial charge in [-0.3, -0.25) is 0 Å². The van der Waals surface area contributed by atoms with Crippen LogP contribution in [-0.2, 0) is 14.9 Å². The molecule has 0 aromatic carbocycles. The molecule has 0 aromatic heterocycles. The van der Waals surface area contributed by atoms with Crippen molar-refractivity contribution in [2.24, 2.45) is 0 Å². The third-order valence-electron chi connectivity index (χ3n) is 2.66. The summed E-state index contributed by atoms with van der Waals surface area (Å²) < 4.78 is 32.5. The molecule has 0 atom stereocenters. The lowest BCUT2D eigenvalue weighted by Crippen LogP contribution is -2.44. The summed E-state index contributed by atoms with van der Waals surface area (Å²) in [5, 5.41) is 3.00. The summed E-state index contributed by atoms with van der Waals surface area (Å²) in [7, 11) is 0.122. The van der Waals surface area contributed by atoms with E-state index in [-0.39, 0.29) is 0 Å². The predicted octanol–water partition coefficient (Wildman–Crippen LogP) is 0.131. The maximum Gasteiger partial charge on any atom is 0.281 e. The monoisotopic (exact) mass is 281 g/mol. The summed E-state index contributed by atoms with van der Waals surface area (Å²) in [6.45, 7) is 6.98. The van der Waals surface area contributed by atoms with Gasteiger partial charge in [0.2, 0.25) is 0 Å². The Morgan fingerprint density at radius 3 is 2.39 bits per heavy atom. The summed E-state index contributed by atoms with van der Waals surface area (Å²) in [5.74, 6) is 0. The van der Waals surface area contributed by atoms with Gasteiger partial charge in [0.15, 0.2) is 0 Å². The van der Waals surface area contributed by atoms with Gasteiger partial charge in [-0.2, -0.15) is 17.0 Å². The van der Waals surface area contributed by atoms with Gasteiger partial charge in [0.25, 0.3) is 10.2 Å². The van der Waals surface area contributed by atoms with E-state index in [2.05, 4.69) is 5.32 Å². The molecule has 0 aliphatic carbocycles. The van der Waals surface area contributed by atoms with Crippen LogP contribution in [0.15, 0.2) is 0 Å². The fraction of sp³-hybridized carbons (Fsp3) is 1.00. The van der Waals surface area contributed by atoms with Crippen LogP contribution in [0.5, 0.6) is 0 Å². The number of hydrogen-bond donors (Lipinski definition) is 1. The Kier molecular flexibility index (Phi) is 9.57. The first kappa shape index (κ1) is 17.8. The van der Waals surface area contributed by atoms with Gasteiger partial charge < -0.3 is 10.1 Å². The second-order valence-corrected chi connectivity index (χ2v) is 6.01. The topological polar surface area (TPSA) is 61.9 Å². The summed E-state index contributed by atoms with van der Waals surface area (Å²) >= 11 is 0. The van der Waals surface area contributed by atoms with Gasteiger partial charge in [-0.1, -0.05) is 6.92 Å². The molecule has 0 bridgehead atoms. The van der Waals surface area contributed by atoms with E-state index in [1.165, 1.54) is 8.61 Å². The molecule has 0 aliphatic rings. The van der Waals surface area contributed by atoms with Crippen LogP contribution in [0.3, 0.4) is 0 Å². The van der Waals surface area contributed by atoms with E-state index in [0.717, 1.165) is 13.0 Å². The number of nitrogens with zero attached hydrogens (tertiary/aromatic N) is 2. The number of rotatable bonds is 11. The van der Waals surface area contributed by atoms with Gasteiger partial charge in [-0.05, 0) is 26.9 Å². The van der Waals surface area contributed by atoms with Crippen LogP contribution in [0.1, 0.15) is 20.3 Å². The van der Waals surface area contributed by atoms with E-state index < -0.39 is 10.2 Å². The zero-order chi connectivity index (χ0) is 14.0. The Labute approximate surface area is 111 Å². The molecule has 0 unspecified atom stereocenters. The van der Waals surface area contributed by atoms with Gasteiger partial charge in [-0.25, -0.2) is 0 Å². The molecule has 18 heavy (non-hydrogen) atoms. The summed E-state index contributed by atoms with van der Waals surface area (Å²) in [4.78, 5) is 0. The molecule has 0 radical (unpaired) electrons. The molecule has 0 spiro atoms. The van der Waals surface area contributed by atoms with Crippen LogP contribution >= 0.6 is 0 Å². The van der Waals surface area contributed by atoms with Gasteiger partial charge in [-0.15, -0.1) is 0 Å². The van der Waals surface area contributed by atoms with E-state index in [1.807, 2.05) is 20.9 Å². The molecular weight excluding hydrogens is 254 g/mol. The van der Waals surface area contributed by atoms with E-state index >= 15 is 0 Å². The normalized spacial score (nSPS) is 12.6. The zero-order valence-electron chi connectivity index (χ0n) is 12.0. The average Bonchev–Trinajstić information content (AvgIpc) is 2.34. The third-order valence-corrected chi connectivity index (χ3v) is 4.73. The van der Waals surface area contributed by atoms with Crippen molar-refractivity contribution in [1.29, 1.82) is 0 Å². The van der Waals surface area contributed by atoms with Crippen molar-refractivity contribution < 1.29 is 13.2 Å². The fourth-order valence-corrected chi connectivity index (χ4v) is 2.92. The first-order valence-electron chi connectivity index (χ1n) is 6.44. The van der Waals surface area contributed by atoms with Gasteiger partial charge in [0.1, 0.15) is 0 Å². The maximum atomic E-state index is 12.2. The Morgan fingerprint density at radius 1 is 1.22 bits per heavy atom. The lowest BCUT2D eigenvalue weighted by atomic mass is 10.4. The lowest BCUT2D eigenvalue weighted by molar-refractivity contribution is 0.134. The Morgan fingerprint density at radius 2 is 1.89 bits per heavy atom. The molecule has 0 aromatic rings. The average molecular weight is 281 g/mol. The highest BCUT2D eigenvalue weighted by molar-refractivity contribution is 7.86. The number of likely N-dealkylation sites (N-methyl/N-ethyl adjacent to an activating group) is 1. The van der Waals surface area contributed by atoms with E-state index in [9.17, 15) is 8.42 Å². The molecule has 0 rings (SSSR count). The van der Waals surface area contributed by atoms with Crippen LogP contribution in [0.2, 0.25) is 0 Å². The highest BCUT2D eigenvalue weighted by Gasteiger charge is 2.24. The smallest absolute Gasteiger partial charge is 0.281 e. The Balaban J connectivity index is 4.35. The molecular formula is C11H27N3O3S. The largest absolute Gasteiger partial charge is 0.380 e. The second-order valence-electron chi connectivity index (χ2n) is 3.98. The van der Waals surface area contributed by atoms with Crippen LogP contribution in [0, 0.1) is 0 Å². The highest BCUT2D eigenvalue weighted by Crippen LogP contribution is 2.06. The zero-order valence-corrected chi connectivity index (χ0v) is 12.8.